The lowest BCUT2D eigenvalue weighted by Gasteiger charge is -2.18. The molecule has 3 N–H and O–H groups in total. The van der Waals surface area contributed by atoms with Crippen molar-refractivity contribution in [3.05, 3.63) is 0 Å². The zero-order chi connectivity index (χ0) is 8.97. The van der Waals surface area contributed by atoms with Crippen molar-refractivity contribution in [2.75, 3.05) is 32.8 Å². The molecule has 12 heavy (non-hydrogen) atoms. The summed E-state index contributed by atoms with van der Waals surface area (Å²) in [4.78, 5) is 2.40. The van der Waals surface area contributed by atoms with Crippen molar-refractivity contribution in [1.82, 2.24) is 4.90 Å². The SMILES string of the molecule is CC(CO)CN1CCC(CN)C1. The van der Waals surface area contributed by atoms with E-state index in [1.54, 1.807) is 0 Å². The first-order valence-corrected chi connectivity index (χ1v) is 4.79. The third-order valence-corrected chi connectivity index (χ3v) is 2.58. The predicted molar refractivity (Wildman–Crippen MR) is 49.9 cm³/mol. The zero-order valence-corrected chi connectivity index (χ0v) is 7.87. The average molecular weight is 172 g/mol. The molecular weight excluding hydrogens is 152 g/mol. The third-order valence-electron chi connectivity index (χ3n) is 2.58. The van der Waals surface area contributed by atoms with Crippen molar-refractivity contribution in [2.45, 2.75) is 13.3 Å². The Kier molecular flexibility index (Phi) is 3.98. The molecule has 0 aliphatic carbocycles. The van der Waals surface area contributed by atoms with Crippen LogP contribution in [0, 0.1) is 11.8 Å². The maximum atomic E-state index is 8.87. The van der Waals surface area contributed by atoms with Gasteiger partial charge in [-0.25, -0.2) is 0 Å². The van der Waals surface area contributed by atoms with Crippen molar-refractivity contribution in [1.29, 1.82) is 0 Å². The molecule has 0 radical (unpaired) electrons. The molecule has 72 valence electrons. The summed E-state index contributed by atoms with van der Waals surface area (Å²) in [7, 11) is 0. The second kappa shape index (κ2) is 4.80. The van der Waals surface area contributed by atoms with Gasteiger partial charge in [0, 0.05) is 19.7 Å². The molecule has 2 unspecified atom stereocenters. The summed E-state index contributed by atoms with van der Waals surface area (Å²) < 4.78 is 0. The minimum atomic E-state index is 0.295. The highest BCUT2D eigenvalue weighted by Gasteiger charge is 2.21. The molecule has 1 heterocycles. The number of aliphatic hydroxyl groups excluding tert-OH is 1. The summed E-state index contributed by atoms with van der Waals surface area (Å²) in [5.41, 5.74) is 5.58. The molecule has 1 aliphatic heterocycles. The maximum absolute atomic E-state index is 8.87. The van der Waals surface area contributed by atoms with Crippen molar-refractivity contribution >= 4 is 0 Å². The average Bonchev–Trinajstić information content (AvgIpc) is 2.52. The first-order chi connectivity index (χ1) is 5.76. The summed E-state index contributed by atoms with van der Waals surface area (Å²) in [6.07, 6.45) is 1.23. The number of nitrogens with two attached hydrogens (primary N) is 1. The number of hydrogen-bond donors (Lipinski definition) is 2. The molecule has 1 fully saturated rings. The van der Waals surface area contributed by atoms with E-state index in [2.05, 4.69) is 11.8 Å². The van der Waals surface area contributed by atoms with Crippen molar-refractivity contribution in [3.63, 3.8) is 0 Å². The number of nitrogens with zero attached hydrogens (tertiary/aromatic N) is 1. The highest BCUT2D eigenvalue weighted by atomic mass is 16.3. The smallest absolute Gasteiger partial charge is 0.0468 e. The first kappa shape index (κ1) is 9.96. The van der Waals surface area contributed by atoms with Gasteiger partial charge in [0.25, 0.3) is 0 Å². The van der Waals surface area contributed by atoms with Gasteiger partial charge in [-0.2, -0.15) is 0 Å². The van der Waals surface area contributed by atoms with Crippen LogP contribution in [0.1, 0.15) is 13.3 Å². The van der Waals surface area contributed by atoms with Crippen LogP contribution in [0.5, 0.6) is 0 Å². The van der Waals surface area contributed by atoms with Gasteiger partial charge >= 0.3 is 0 Å². The molecular formula is C9H20N2O. The highest BCUT2D eigenvalue weighted by molar-refractivity contribution is 4.76. The quantitative estimate of drug-likeness (QED) is 0.622. The van der Waals surface area contributed by atoms with Gasteiger partial charge in [0.15, 0.2) is 0 Å². The summed E-state index contributed by atoms with van der Waals surface area (Å²) in [6, 6.07) is 0. The zero-order valence-electron chi connectivity index (χ0n) is 7.87. The fourth-order valence-corrected chi connectivity index (χ4v) is 1.77. The monoisotopic (exact) mass is 172 g/mol. The van der Waals surface area contributed by atoms with E-state index in [-0.39, 0.29) is 0 Å². The Bertz CT molecular complexity index is 130. The van der Waals surface area contributed by atoms with Gasteiger partial charge in [0.2, 0.25) is 0 Å². The fraction of sp³-hybridized carbons (Fsp3) is 1.00. The first-order valence-electron chi connectivity index (χ1n) is 4.79. The summed E-state index contributed by atoms with van der Waals surface area (Å²) in [5, 5.41) is 8.87. The normalized spacial score (nSPS) is 27.8. The van der Waals surface area contributed by atoms with E-state index in [1.807, 2.05) is 0 Å². The lowest BCUT2D eigenvalue weighted by Crippen LogP contribution is -2.28. The molecule has 0 aromatic carbocycles. The van der Waals surface area contributed by atoms with Gasteiger partial charge in [0.1, 0.15) is 0 Å². The van der Waals surface area contributed by atoms with Gasteiger partial charge in [0.05, 0.1) is 0 Å². The van der Waals surface area contributed by atoms with E-state index < -0.39 is 0 Å². The Morgan fingerprint density at radius 2 is 2.42 bits per heavy atom. The van der Waals surface area contributed by atoms with E-state index >= 15 is 0 Å². The van der Waals surface area contributed by atoms with Crippen LogP contribution in [-0.2, 0) is 0 Å². The van der Waals surface area contributed by atoms with Crippen LogP contribution < -0.4 is 5.73 Å². The Labute approximate surface area is 74.5 Å². The third kappa shape index (κ3) is 2.73. The molecule has 0 aromatic rings. The molecule has 1 rings (SSSR count). The van der Waals surface area contributed by atoms with Gasteiger partial charge in [-0.15, -0.1) is 0 Å². The molecule has 1 saturated heterocycles. The molecule has 3 heteroatoms. The number of aliphatic hydroxyl groups is 1. The summed E-state index contributed by atoms with van der Waals surface area (Å²) in [6.45, 7) is 6.49. The van der Waals surface area contributed by atoms with Crippen LogP contribution in [0.3, 0.4) is 0 Å². The van der Waals surface area contributed by atoms with Crippen molar-refractivity contribution in [2.24, 2.45) is 17.6 Å². The summed E-state index contributed by atoms with van der Waals surface area (Å²) in [5.74, 6) is 1.09. The molecule has 3 nitrogen and oxygen atoms in total. The number of likely N-dealkylation sites (tertiary alicyclic amines) is 1. The van der Waals surface area contributed by atoms with Gasteiger partial charge < -0.3 is 15.7 Å². The van der Waals surface area contributed by atoms with Gasteiger partial charge in [-0.1, -0.05) is 6.92 Å². The van der Waals surface area contributed by atoms with Gasteiger partial charge in [-0.3, -0.25) is 0 Å². The lowest BCUT2D eigenvalue weighted by atomic mass is 10.1. The fourth-order valence-electron chi connectivity index (χ4n) is 1.77. The lowest BCUT2D eigenvalue weighted by molar-refractivity contribution is 0.188. The Morgan fingerprint density at radius 1 is 1.67 bits per heavy atom. The summed E-state index contributed by atoms with van der Waals surface area (Å²) >= 11 is 0. The van der Waals surface area contributed by atoms with Crippen LogP contribution in [-0.4, -0.2) is 42.8 Å². The topological polar surface area (TPSA) is 49.5 Å². The van der Waals surface area contributed by atoms with Crippen LogP contribution in [0.4, 0.5) is 0 Å². The van der Waals surface area contributed by atoms with E-state index in [0.29, 0.717) is 18.4 Å². The maximum Gasteiger partial charge on any atom is 0.0468 e. The molecule has 0 aromatic heterocycles. The van der Waals surface area contributed by atoms with Gasteiger partial charge in [-0.05, 0) is 31.3 Å². The Morgan fingerprint density at radius 3 is 2.92 bits per heavy atom. The minimum absolute atomic E-state index is 0.295. The predicted octanol–water partition coefficient (Wildman–Crippen LogP) is -0.105. The van der Waals surface area contributed by atoms with Crippen LogP contribution in [0.2, 0.25) is 0 Å². The molecule has 0 amide bonds. The second-order valence-corrected chi connectivity index (χ2v) is 3.94. The van der Waals surface area contributed by atoms with E-state index in [4.69, 9.17) is 10.8 Å². The second-order valence-electron chi connectivity index (χ2n) is 3.94. The molecule has 0 bridgehead atoms. The molecule has 0 saturated carbocycles. The molecule has 0 spiro atoms. The highest BCUT2D eigenvalue weighted by Crippen LogP contribution is 2.15. The van der Waals surface area contributed by atoms with E-state index in [0.717, 1.165) is 26.2 Å². The van der Waals surface area contributed by atoms with E-state index in [1.165, 1.54) is 6.42 Å². The largest absolute Gasteiger partial charge is 0.396 e. The van der Waals surface area contributed by atoms with Crippen molar-refractivity contribution in [3.8, 4) is 0 Å². The minimum Gasteiger partial charge on any atom is -0.396 e. The number of rotatable bonds is 4. The van der Waals surface area contributed by atoms with Crippen molar-refractivity contribution < 1.29 is 5.11 Å². The van der Waals surface area contributed by atoms with Crippen LogP contribution in [0.25, 0.3) is 0 Å². The van der Waals surface area contributed by atoms with Crippen LogP contribution >= 0.6 is 0 Å². The van der Waals surface area contributed by atoms with Crippen LogP contribution in [0.15, 0.2) is 0 Å². The molecule has 1 aliphatic rings. The standard InChI is InChI=1S/C9H20N2O/c1-8(7-12)5-11-3-2-9(4-10)6-11/h8-9,12H,2-7,10H2,1H3. The molecule has 2 atom stereocenters. The number of hydrogen-bond acceptors (Lipinski definition) is 3. The Hall–Kier alpha value is -0.120. The van der Waals surface area contributed by atoms with E-state index in [9.17, 15) is 0 Å². The Balaban J connectivity index is 2.18.